The molecule has 2 heterocycles. The minimum absolute atomic E-state index is 0.273. The van der Waals surface area contributed by atoms with Gasteiger partial charge in [0.25, 0.3) is 0 Å². The van der Waals surface area contributed by atoms with Gasteiger partial charge in [0.2, 0.25) is 0 Å². The highest BCUT2D eigenvalue weighted by atomic mass is 16.4. The Morgan fingerprint density at radius 2 is 1.27 bits per heavy atom. The predicted octanol–water partition coefficient (Wildman–Crippen LogP) is 3.36. The molecule has 0 aliphatic carbocycles. The van der Waals surface area contributed by atoms with Crippen LogP contribution < -0.4 is 9.13 Å². The first-order valence-corrected chi connectivity index (χ1v) is 9.73. The van der Waals surface area contributed by atoms with Crippen LogP contribution in [0.1, 0.15) is 49.3 Å². The fourth-order valence-corrected chi connectivity index (χ4v) is 3.76. The second kappa shape index (κ2) is 8.45. The first kappa shape index (κ1) is 21.2. The molecule has 0 unspecified atom stereocenters. The number of benzene rings is 1. The van der Waals surface area contributed by atoms with E-state index in [4.69, 9.17) is 10.2 Å². The van der Waals surface area contributed by atoms with Gasteiger partial charge in [-0.1, -0.05) is 4.57 Å². The topological polar surface area (TPSA) is 82.4 Å². The summed E-state index contributed by atoms with van der Waals surface area (Å²) < 4.78 is 3.12. The molecular formula is C24H26N2O4+2. The Bertz CT molecular complexity index is 998. The molecule has 30 heavy (non-hydrogen) atoms. The Morgan fingerprint density at radius 1 is 0.767 bits per heavy atom. The highest BCUT2D eigenvalue weighted by molar-refractivity contribution is 5.87. The number of hydrogen-bond acceptors (Lipinski definition) is 2. The SMILES string of the molecule is Cc1c(C)c(C[n+]2ccc(C(=O)O)cc2)c(C)c(C)c1Cc1cc[n+](C(=O)O)cc1. The fourth-order valence-electron chi connectivity index (χ4n) is 3.76. The molecule has 2 N–H and O–H groups in total. The Balaban J connectivity index is 1.93. The summed E-state index contributed by atoms with van der Waals surface area (Å²) in [6.07, 6.45) is 6.45. The third kappa shape index (κ3) is 4.22. The molecule has 0 amide bonds. The molecule has 0 spiro atoms. The molecule has 6 nitrogen and oxygen atoms in total. The van der Waals surface area contributed by atoms with Crippen LogP contribution in [0.15, 0.2) is 49.1 Å². The van der Waals surface area contributed by atoms with Crippen LogP contribution in [0.2, 0.25) is 0 Å². The predicted molar refractivity (Wildman–Crippen MR) is 111 cm³/mol. The summed E-state index contributed by atoms with van der Waals surface area (Å²) in [6.45, 7) is 9.16. The Labute approximate surface area is 175 Å². The van der Waals surface area contributed by atoms with E-state index in [1.807, 2.05) is 16.7 Å². The lowest BCUT2D eigenvalue weighted by atomic mass is 9.86. The first-order chi connectivity index (χ1) is 14.2. The zero-order valence-electron chi connectivity index (χ0n) is 17.6. The summed E-state index contributed by atoms with van der Waals surface area (Å²) >= 11 is 0. The molecule has 0 aliphatic rings. The van der Waals surface area contributed by atoms with Crippen LogP contribution >= 0.6 is 0 Å². The lowest BCUT2D eigenvalue weighted by Gasteiger charge is -2.19. The number of carboxylic acids is 1. The molecule has 2 aromatic heterocycles. The minimum Gasteiger partial charge on any atom is -0.478 e. The van der Waals surface area contributed by atoms with Crippen molar-refractivity contribution in [2.24, 2.45) is 0 Å². The van der Waals surface area contributed by atoms with Gasteiger partial charge in [0.1, 0.15) is 0 Å². The summed E-state index contributed by atoms with van der Waals surface area (Å²) in [4.78, 5) is 22.1. The van der Waals surface area contributed by atoms with Gasteiger partial charge in [-0.3, -0.25) is 0 Å². The smallest absolute Gasteiger partial charge is 0.478 e. The molecule has 0 bridgehead atoms. The Hall–Kier alpha value is -3.54. The normalized spacial score (nSPS) is 10.8. The third-order valence-electron chi connectivity index (χ3n) is 5.91. The zero-order chi connectivity index (χ0) is 22.0. The molecule has 0 saturated heterocycles. The summed E-state index contributed by atoms with van der Waals surface area (Å²) in [5, 5.41) is 18.1. The van der Waals surface area contributed by atoms with Gasteiger partial charge < -0.3 is 10.2 Å². The number of hydrogen-bond donors (Lipinski definition) is 2. The molecule has 0 aliphatic heterocycles. The van der Waals surface area contributed by atoms with Gasteiger partial charge in [-0.2, -0.15) is 4.79 Å². The second-order valence-electron chi connectivity index (χ2n) is 7.59. The van der Waals surface area contributed by atoms with Gasteiger partial charge in [-0.05, 0) is 67.5 Å². The van der Waals surface area contributed by atoms with E-state index >= 15 is 0 Å². The summed E-state index contributed by atoms with van der Waals surface area (Å²) in [5.41, 5.74) is 8.72. The van der Waals surface area contributed by atoms with Crippen LogP contribution in [0, 0.1) is 27.7 Å². The van der Waals surface area contributed by atoms with Crippen molar-refractivity contribution in [3.05, 3.63) is 93.6 Å². The van der Waals surface area contributed by atoms with E-state index in [0.717, 1.165) is 16.6 Å². The molecule has 3 rings (SSSR count). The van der Waals surface area contributed by atoms with Crippen molar-refractivity contribution in [2.45, 2.75) is 40.7 Å². The van der Waals surface area contributed by atoms with Gasteiger partial charge in [0.15, 0.2) is 31.3 Å². The van der Waals surface area contributed by atoms with Crippen molar-refractivity contribution in [1.29, 1.82) is 0 Å². The largest absolute Gasteiger partial charge is 0.599 e. The van der Waals surface area contributed by atoms with E-state index in [2.05, 4.69) is 27.7 Å². The Morgan fingerprint density at radius 3 is 1.73 bits per heavy atom. The van der Waals surface area contributed by atoms with Gasteiger partial charge in [0, 0.05) is 29.8 Å². The number of aromatic carboxylic acids is 1. The van der Waals surface area contributed by atoms with E-state index < -0.39 is 12.1 Å². The van der Waals surface area contributed by atoms with Crippen LogP contribution in [0.5, 0.6) is 0 Å². The van der Waals surface area contributed by atoms with E-state index in [-0.39, 0.29) is 5.56 Å². The number of carbonyl (C=O) groups is 2. The maximum Gasteiger partial charge on any atom is 0.599 e. The van der Waals surface area contributed by atoms with Crippen molar-refractivity contribution < 1.29 is 28.9 Å². The molecule has 3 aromatic rings. The van der Waals surface area contributed by atoms with Crippen LogP contribution in [0.3, 0.4) is 0 Å². The number of nitrogens with zero attached hydrogens (tertiary/aromatic N) is 2. The molecule has 0 fully saturated rings. The summed E-state index contributed by atoms with van der Waals surface area (Å²) in [6, 6.07) is 6.90. The maximum atomic E-state index is 11.1. The van der Waals surface area contributed by atoms with Gasteiger partial charge in [-0.25, -0.2) is 9.36 Å². The molecule has 0 saturated carbocycles. The fraction of sp³-hybridized carbons (Fsp3) is 0.250. The van der Waals surface area contributed by atoms with E-state index in [0.29, 0.717) is 6.54 Å². The second-order valence-corrected chi connectivity index (χ2v) is 7.59. The molecule has 6 heteroatoms. The quantitative estimate of drug-likeness (QED) is 0.637. The maximum absolute atomic E-state index is 11.1. The highest BCUT2D eigenvalue weighted by Gasteiger charge is 2.19. The van der Waals surface area contributed by atoms with Crippen LogP contribution in [-0.4, -0.2) is 22.3 Å². The van der Waals surface area contributed by atoms with Crippen molar-refractivity contribution in [2.75, 3.05) is 0 Å². The number of aromatic nitrogens is 2. The average Bonchev–Trinajstić information content (AvgIpc) is 2.73. The molecule has 1 aromatic carbocycles. The van der Waals surface area contributed by atoms with Crippen molar-refractivity contribution in [3.8, 4) is 0 Å². The average molecular weight is 406 g/mol. The van der Waals surface area contributed by atoms with Crippen molar-refractivity contribution in [1.82, 2.24) is 0 Å². The lowest BCUT2D eigenvalue weighted by molar-refractivity contribution is -0.688. The van der Waals surface area contributed by atoms with E-state index in [1.165, 1.54) is 33.4 Å². The summed E-state index contributed by atoms with van der Waals surface area (Å²) in [5.74, 6) is -0.930. The number of rotatable bonds is 5. The van der Waals surface area contributed by atoms with E-state index in [1.54, 1.807) is 36.9 Å². The highest BCUT2D eigenvalue weighted by Crippen LogP contribution is 2.28. The Kier molecular flexibility index (Phi) is 5.96. The third-order valence-corrected chi connectivity index (χ3v) is 5.91. The van der Waals surface area contributed by atoms with Gasteiger partial charge >= 0.3 is 12.1 Å². The molecular weight excluding hydrogens is 380 g/mol. The number of carboxylic acid groups (broad SMARTS) is 2. The van der Waals surface area contributed by atoms with Crippen LogP contribution in [0.25, 0.3) is 0 Å². The molecule has 0 radical (unpaired) electrons. The van der Waals surface area contributed by atoms with Gasteiger partial charge in [0.05, 0.1) is 5.56 Å². The van der Waals surface area contributed by atoms with Gasteiger partial charge in [-0.15, -0.1) is 0 Å². The van der Waals surface area contributed by atoms with Crippen LogP contribution in [0.4, 0.5) is 4.79 Å². The monoisotopic (exact) mass is 406 g/mol. The lowest BCUT2D eigenvalue weighted by Crippen LogP contribution is -2.40. The first-order valence-electron chi connectivity index (χ1n) is 9.73. The summed E-state index contributed by atoms with van der Waals surface area (Å²) in [7, 11) is 0. The molecule has 154 valence electrons. The van der Waals surface area contributed by atoms with Crippen molar-refractivity contribution >= 4 is 12.1 Å². The van der Waals surface area contributed by atoms with Crippen molar-refractivity contribution in [3.63, 3.8) is 0 Å². The zero-order valence-corrected chi connectivity index (χ0v) is 17.6. The minimum atomic E-state index is -1.00. The van der Waals surface area contributed by atoms with Crippen LogP contribution in [-0.2, 0) is 13.0 Å². The standard InChI is InChI=1S/C24H24N2O4/c1-15-17(3)22(14-25-9-7-20(8-10-25)23(27)28)18(4)16(2)21(15)13-19-5-11-26(12-6-19)24(29)30/h5-12H,13-14H2,1-4H3/p+2. The van der Waals surface area contributed by atoms with E-state index in [9.17, 15) is 9.59 Å². The number of pyridine rings is 2. The molecule has 0 atom stereocenters.